The zero-order valence-corrected chi connectivity index (χ0v) is 19.2. The van der Waals surface area contributed by atoms with Crippen LogP contribution in [0.3, 0.4) is 0 Å². The molecule has 1 spiro atoms. The molecule has 1 aromatic heterocycles. The van der Waals surface area contributed by atoms with E-state index in [1.807, 2.05) is 0 Å². The van der Waals surface area contributed by atoms with Gasteiger partial charge in [0.1, 0.15) is 24.1 Å². The van der Waals surface area contributed by atoms with Gasteiger partial charge in [0.2, 0.25) is 0 Å². The van der Waals surface area contributed by atoms with Crippen LogP contribution in [0.25, 0.3) is 0 Å². The molecule has 0 radical (unpaired) electrons. The summed E-state index contributed by atoms with van der Waals surface area (Å²) in [4.78, 5) is 36.4. The number of aliphatic hydroxyl groups is 1. The number of rotatable bonds is 3. The zero-order valence-electron chi connectivity index (χ0n) is 19.2. The van der Waals surface area contributed by atoms with Crippen molar-refractivity contribution in [1.29, 1.82) is 0 Å². The molecule has 10 atom stereocenters. The summed E-state index contributed by atoms with van der Waals surface area (Å²) in [6.45, 7) is 3.65. The van der Waals surface area contributed by atoms with Gasteiger partial charge in [-0.05, 0) is 74.3 Å². The fourth-order valence-electron chi connectivity index (χ4n) is 9.02. The van der Waals surface area contributed by atoms with Crippen LogP contribution in [0.1, 0.15) is 70.3 Å². The van der Waals surface area contributed by atoms with E-state index in [2.05, 4.69) is 6.92 Å². The highest BCUT2D eigenvalue weighted by atomic mass is 16.7. The molecule has 5 fully saturated rings. The normalized spacial score (nSPS) is 49.7. The van der Waals surface area contributed by atoms with Gasteiger partial charge in [-0.3, -0.25) is 4.79 Å². The van der Waals surface area contributed by atoms with Crippen LogP contribution >= 0.6 is 0 Å². The summed E-state index contributed by atoms with van der Waals surface area (Å²) >= 11 is 0. The molecule has 178 valence electrons. The van der Waals surface area contributed by atoms with Crippen LogP contribution in [0.2, 0.25) is 0 Å². The molecule has 33 heavy (non-hydrogen) atoms. The number of aliphatic hydroxyl groups excluding tert-OH is 1. The van der Waals surface area contributed by atoms with Crippen molar-refractivity contribution in [3.05, 3.63) is 34.4 Å². The summed E-state index contributed by atoms with van der Waals surface area (Å²) in [5, 5.41) is 10.3. The third kappa shape index (κ3) is 2.66. The second-order valence-electron chi connectivity index (χ2n) is 11.4. The second kappa shape index (κ2) is 7.01. The van der Waals surface area contributed by atoms with Crippen molar-refractivity contribution in [3.8, 4) is 0 Å². The molecule has 1 saturated heterocycles. The molecular weight excluding hydrogens is 424 g/mol. The quantitative estimate of drug-likeness (QED) is 0.423. The van der Waals surface area contributed by atoms with E-state index in [-0.39, 0.29) is 47.3 Å². The molecule has 0 unspecified atom stereocenters. The van der Waals surface area contributed by atoms with Crippen molar-refractivity contribution in [1.82, 2.24) is 0 Å². The Balaban J connectivity index is 1.42. The SMILES string of the molecule is CC(=O)O[C@H]1[C@@H]2O[C@]23[C@@H]2CC[C@@H]4C[C@@H](O)CC[C@]4(C=O)[C@H]2CC[C@]3(C)[C@H]1c1ccc(=O)oc1. The van der Waals surface area contributed by atoms with E-state index < -0.39 is 22.7 Å². The first-order chi connectivity index (χ1) is 15.8. The second-order valence-corrected chi connectivity index (χ2v) is 11.4. The molecule has 0 amide bonds. The number of aldehydes is 1. The topological polar surface area (TPSA) is 106 Å². The van der Waals surface area contributed by atoms with Gasteiger partial charge in [-0.1, -0.05) is 6.92 Å². The smallest absolute Gasteiger partial charge is 0.335 e. The molecule has 4 saturated carbocycles. The molecule has 0 bridgehead atoms. The van der Waals surface area contributed by atoms with Gasteiger partial charge in [-0.2, -0.15) is 0 Å². The average Bonchev–Trinajstić information content (AvgIpc) is 3.49. The van der Waals surface area contributed by atoms with Crippen LogP contribution < -0.4 is 5.63 Å². The van der Waals surface area contributed by atoms with Gasteiger partial charge in [0.15, 0.2) is 0 Å². The first-order valence-electron chi connectivity index (χ1n) is 12.3. The van der Waals surface area contributed by atoms with E-state index in [0.717, 1.165) is 37.7 Å². The molecule has 5 aliphatic rings. The highest BCUT2D eigenvalue weighted by molar-refractivity contribution is 5.67. The van der Waals surface area contributed by atoms with Gasteiger partial charge in [0.05, 0.1) is 12.4 Å². The first-order valence-corrected chi connectivity index (χ1v) is 12.3. The van der Waals surface area contributed by atoms with E-state index in [9.17, 15) is 19.5 Å². The third-order valence-electron chi connectivity index (χ3n) is 10.3. The molecule has 7 heteroatoms. The number of hydrogen-bond acceptors (Lipinski definition) is 7. The Bertz CT molecular complexity index is 1030. The number of esters is 1. The summed E-state index contributed by atoms with van der Waals surface area (Å²) in [6.07, 6.45) is 7.47. The van der Waals surface area contributed by atoms with Gasteiger partial charge < -0.3 is 23.8 Å². The maximum atomic E-state index is 12.7. The minimum absolute atomic E-state index is 0.136. The van der Waals surface area contributed by atoms with Crippen LogP contribution in [-0.2, 0) is 19.1 Å². The Morgan fingerprint density at radius 2 is 2.00 bits per heavy atom. The lowest BCUT2D eigenvalue weighted by Crippen LogP contribution is -2.59. The van der Waals surface area contributed by atoms with Gasteiger partial charge in [0, 0.05) is 29.7 Å². The average molecular weight is 457 g/mol. The van der Waals surface area contributed by atoms with E-state index in [0.29, 0.717) is 12.8 Å². The van der Waals surface area contributed by atoms with Crippen LogP contribution in [-0.4, -0.2) is 41.3 Å². The van der Waals surface area contributed by atoms with Crippen molar-refractivity contribution in [2.75, 3.05) is 0 Å². The van der Waals surface area contributed by atoms with E-state index >= 15 is 0 Å². The summed E-state index contributed by atoms with van der Waals surface area (Å²) in [7, 11) is 0. The number of carbonyl (C=O) groups excluding carboxylic acids is 2. The monoisotopic (exact) mass is 456 g/mol. The van der Waals surface area contributed by atoms with Crippen LogP contribution in [0, 0.1) is 28.6 Å². The molecule has 2 heterocycles. The largest absolute Gasteiger partial charge is 0.459 e. The van der Waals surface area contributed by atoms with Gasteiger partial charge >= 0.3 is 11.6 Å². The van der Waals surface area contributed by atoms with E-state index in [1.54, 1.807) is 6.07 Å². The lowest BCUT2D eigenvalue weighted by atomic mass is 9.44. The summed E-state index contributed by atoms with van der Waals surface area (Å²) in [5.41, 5.74) is -0.700. The summed E-state index contributed by atoms with van der Waals surface area (Å²) in [6, 6.07) is 3.21. The van der Waals surface area contributed by atoms with Crippen LogP contribution in [0.15, 0.2) is 27.6 Å². The molecule has 1 aromatic rings. The molecular formula is C26H32O7. The lowest BCUT2D eigenvalue weighted by Gasteiger charge is -2.60. The number of carbonyl (C=O) groups is 2. The fraction of sp³-hybridized carbons (Fsp3) is 0.731. The molecule has 0 aromatic carbocycles. The molecule has 1 N–H and O–H groups in total. The predicted octanol–water partition coefficient (Wildman–Crippen LogP) is 2.98. The zero-order chi connectivity index (χ0) is 23.2. The van der Waals surface area contributed by atoms with Gasteiger partial charge in [-0.15, -0.1) is 0 Å². The molecule has 7 nitrogen and oxygen atoms in total. The molecule has 1 aliphatic heterocycles. The van der Waals surface area contributed by atoms with Crippen LogP contribution in [0.5, 0.6) is 0 Å². The molecule has 6 rings (SSSR count). The van der Waals surface area contributed by atoms with Crippen molar-refractivity contribution in [2.45, 2.75) is 88.6 Å². The fourth-order valence-corrected chi connectivity index (χ4v) is 9.02. The summed E-state index contributed by atoms with van der Waals surface area (Å²) < 4.78 is 17.7. The predicted molar refractivity (Wildman–Crippen MR) is 116 cm³/mol. The first kappa shape index (κ1) is 21.5. The number of hydrogen-bond donors (Lipinski definition) is 1. The number of epoxide rings is 1. The minimum Gasteiger partial charge on any atom is -0.459 e. The third-order valence-corrected chi connectivity index (χ3v) is 10.3. The minimum atomic E-state index is -0.451. The Kier molecular flexibility index (Phi) is 4.58. The van der Waals surface area contributed by atoms with Gasteiger partial charge in [0.25, 0.3) is 0 Å². The Morgan fingerprint density at radius 1 is 1.18 bits per heavy atom. The highest BCUT2D eigenvalue weighted by Crippen LogP contribution is 2.78. The van der Waals surface area contributed by atoms with Crippen molar-refractivity contribution in [3.63, 3.8) is 0 Å². The van der Waals surface area contributed by atoms with Crippen molar-refractivity contribution >= 4 is 12.3 Å². The standard InChI is InChI=1S/C26H32O7/c1-14(28)32-22-21(15-3-6-20(30)31-12-15)24(2)9-8-18-19(26(24)23(22)33-26)5-4-16-11-17(29)7-10-25(16,18)13-27/h3,6,12-13,16-19,21-23,29H,4-5,7-11H2,1-2H3/t16-,17+,18+,19-,21+,22-,23+,24-,25-,26-/m1/s1. The lowest BCUT2D eigenvalue weighted by molar-refractivity contribution is -0.164. The molecule has 4 aliphatic carbocycles. The van der Waals surface area contributed by atoms with Crippen LogP contribution in [0.4, 0.5) is 0 Å². The van der Waals surface area contributed by atoms with Gasteiger partial charge in [-0.25, -0.2) is 4.79 Å². The Labute approximate surface area is 192 Å². The number of ether oxygens (including phenoxy) is 2. The Hall–Kier alpha value is -1.99. The van der Waals surface area contributed by atoms with E-state index in [4.69, 9.17) is 13.9 Å². The number of fused-ring (bicyclic) bond motifs is 3. The van der Waals surface area contributed by atoms with Crippen molar-refractivity contribution < 1.29 is 28.6 Å². The Morgan fingerprint density at radius 3 is 2.70 bits per heavy atom. The van der Waals surface area contributed by atoms with E-state index in [1.165, 1.54) is 25.5 Å². The maximum absolute atomic E-state index is 12.7. The van der Waals surface area contributed by atoms with Crippen molar-refractivity contribution in [2.24, 2.45) is 28.6 Å². The summed E-state index contributed by atoms with van der Waals surface area (Å²) in [5.74, 6) is 0.161. The highest BCUT2D eigenvalue weighted by Gasteiger charge is 2.85. The maximum Gasteiger partial charge on any atom is 0.335 e.